The highest BCUT2D eigenvalue weighted by atomic mass is 32.2. The Hall–Kier alpha value is -1.57. The number of halogens is 3. The molecule has 116 valence electrons. The molecule has 1 aromatic rings. The number of carbonyl (C=O) groups is 1. The normalized spacial score (nSPS) is 18.2. The van der Waals surface area contributed by atoms with Gasteiger partial charge in [0.25, 0.3) is 15.9 Å². The van der Waals surface area contributed by atoms with Crippen LogP contribution in [0.1, 0.15) is 32.1 Å². The van der Waals surface area contributed by atoms with E-state index >= 15 is 0 Å². The van der Waals surface area contributed by atoms with E-state index in [0.29, 0.717) is 31.0 Å². The standard InChI is InChI=1S/C13H14F3NO3S/c14-9-6-10(15)8-11(7-9)21(19,20)17-12(18)13(16)4-2-1-3-5-13/h6-8H,1-5H2,(H,17,18). The molecule has 0 unspecified atom stereocenters. The van der Waals surface area contributed by atoms with Crippen molar-refractivity contribution in [1.82, 2.24) is 4.72 Å². The summed E-state index contributed by atoms with van der Waals surface area (Å²) in [6.45, 7) is 0. The Morgan fingerprint density at radius 3 is 2.10 bits per heavy atom. The number of nitrogens with one attached hydrogen (secondary N) is 1. The smallest absolute Gasteiger partial charge is 0.270 e. The van der Waals surface area contributed by atoms with Crippen molar-refractivity contribution in [3.63, 3.8) is 0 Å². The van der Waals surface area contributed by atoms with Crippen LogP contribution in [0.5, 0.6) is 0 Å². The first-order valence-electron chi connectivity index (χ1n) is 6.45. The van der Waals surface area contributed by atoms with Crippen LogP contribution in [0.25, 0.3) is 0 Å². The molecule has 0 saturated heterocycles. The molecule has 0 radical (unpaired) electrons. The van der Waals surface area contributed by atoms with E-state index in [4.69, 9.17) is 0 Å². The molecule has 0 bridgehead atoms. The molecule has 8 heteroatoms. The van der Waals surface area contributed by atoms with Crippen LogP contribution in [0, 0.1) is 11.6 Å². The molecule has 1 N–H and O–H groups in total. The van der Waals surface area contributed by atoms with Gasteiger partial charge in [-0.2, -0.15) is 0 Å². The van der Waals surface area contributed by atoms with E-state index in [-0.39, 0.29) is 12.8 Å². The summed E-state index contributed by atoms with van der Waals surface area (Å²) in [6.07, 6.45) is 1.62. The fourth-order valence-corrected chi connectivity index (χ4v) is 3.38. The van der Waals surface area contributed by atoms with Gasteiger partial charge >= 0.3 is 0 Å². The molecule has 0 atom stereocenters. The predicted molar refractivity (Wildman–Crippen MR) is 68.6 cm³/mol. The molecule has 0 spiro atoms. The summed E-state index contributed by atoms with van der Waals surface area (Å²) >= 11 is 0. The predicted octanol–water partition coefficient (Wildman–Crippen LogP) is 2.44. The molecule has 1 amide bonds. The number of benzene rings is 1. The van der Waals surface area contributed by atoms with Gasteiger partial charge in [0.2, 0.25) is 0 Å². The Morgan fingerprint density at radius 2 is 1.57 bits per heavy atom. The van der Waals surface area contributed by atoms with Crippen LogP contribution < -0.4 is 4.72 Å². The van der Waals surface area contributed by atoms with E-state index < -0.39 is 38.1 Å². The molecule has 1 aromatic carbocycles. The maximum Gasteiger partial charge on any atom is 0.271 e. The number of sulfonamides is 1. The lowest BCUT2D eigenvalue weighted by molar-refractivity contribution is -0.133. The Kier molecular flexibility index (Phi) is 4.27. The van der Waals surface area contributed by atoms with Gasteiger partial charge in [-0.05, 0) is 37.8 Å². The van der Waals surface area contributed by atoms with Gasteiger partial charge in [0, 0.05) is 6.07 Å². The number of carbonyl (C=O) groups excluding carboxylic acids is 1. The fraction of sp³-hybridized carbons (Fsp3) is 0.462. The van der Waals surface area contributed by atoms with E-state index in [1.165, 1.54) is 0 Å². The van der Waals surface area contributed by atoms with Crippen LogP contribution in [0.3, 0.4) is 0 Å². The lowest BCUT2D eigenvalue weighted by Crippen LogP contribution is -2.46. The molecular weight excluding hydrogens is 307 g/mol. The van der Waals surface area contributed by atoms with Gasteiger partial charge in [-0.3, -0.25) is 4.79 Å². The molecule has 1 aliphatic carbocycles. The third-order valence-electron chi connectivity index (χ3n) is 3.43. The second-order valence-electron chi connectivity index (χ2n) is 5.07. The summed E-state index contributed by atoms with van der Waals surface area (Å²) in [7, 11) is -4.51. The lowest BCUT2D eigenvalue weighted by atomic mass is 9.86. The van der Waals surface area contributed by atoms with Crippen molar-refractivity contribution in [2.24, 2.45) is 0 Å². The molecular formula is C13H14F3NO3S. The zero-order valence-electron chi connectivity index (χ0n) is 11.0. The van der Waals surface area contributed by atoms with Gasteiger partial charge in [-0.25, -0.2) is 26.3 Å². The Labute approximate surface area is 120 Å². The first-order chi connectivity index (χ1) is 9.73. The molecule has 1 saturated carbocycles. The van der Waals surface area contributed by atoms with Gasteiger partial charge < -0.3 is 0 Å². The van der Waals surface area contributed by atoms with Crippen LogP contribution in [0.2, 0.25) is 0 Å². The first-order valence-corrected chi connectivity index (χ1v) is 7.93. The Balaban J connectivity index is 2.22. The lowest BCUT2D eigenvalue weighted by Gasteiger charge is -2.27. The van der Waals surface area contributed by atoms with Gasteiger partial charge in [0.1, 0.15) is 11.6 Å². The van der Waals surface area contributed by atoms with E-state index in [1.807, 2.05) is 0 Å². The molecule has 1 aliphatic rings. The summed E-state index contributed by atoms with van der Waals surface area (Å²) in [6, 6.07) is 1.62. The second-order valence-corrected chi connectivity index (χ2v) is 6.75. The van der Waals surface area contributed by atoms with Gasteiger partial charge in [0.15, 0.2) is 5.67 Å². The average molecular weight is 321 g/mol. The summed E-state index contributed by atoms with van der Waals surface area (Å²) in [5, 5.41) is 0. The highest BCUT2D eigenvalue weighted by Gasteiger charge is 2.41. The molecule has 0 heterocycles. The van der Waals surface area contributed by atoms with Crippen LogP contribution in [-0.2, 0) is 14.8 Å². The first kappa shape index (κ1) is 15.8. The van der Waals surface area contributed by atoms with Crippen molar-refractivity contribution in [1.29, 1.82) is 0 Å². The van der Waals surface area contributed by atoms with Crippen molar-refractivity contribution < 1.29 is 26.4 Å². The largest absolute Gasteiger partial charge is 0.271 e. The summed E-state index contributed by atoms with van der Waals surface area (Å²) in [5.41, 5.74) is -2.25. The quantitative estimate of drug-likeness (QED) is 0.930. The van der Waals surface area contributed by atoms with Crippen molar-refractivity contribution in [3.8, 4) is 0 Å². The van der Waals surface area contributed by atoms with Crippen LogP contribution in [-0.4, -0.2) is 20.0 Å². The zero-order valence-corrected chi connectivity index (χ0v) is 11.9. The van der Waals surface area contributed by atoms with Crippen molar-refractivity contribution in [2.75, 3.05) is 0 Å². The van der Waals surface area contributed by atoms with E-state index in [0.717, 1.165) is 6.42 Å². The minimum Gasteiger partial charge on any atom is -0.270 e. The third-order valence-corrected chi connectivity index (χ3v) is 4.74. The highest BCUT2D eigenvalue weighted by Crippen LogP contribution is 2.32. The van der Waals surface area contributed by atoms with Gasteiger partial charge in [-0.1, -0.05) is 6.42 Å². The van der Waals surface area contributed by atoms with Gasteiger partial charge in [-0.15, -0.1) is 0 Å². The maximum absolute atomic E-state index is 14.3. The molecule has 2 rings (SSSR count). The third kappa shape index (κ3) is 3.55. The number of hydrogen-bond acceptors (Lipinski definition) is 3. The number of rotatable bonds is 3. The second kappa shape index (κ2) is 5.67. The van der Waals surface area contributed by atoms with Crippen molar-refractivity contribution in [3.05, 3.63) is 29.8 Å². The number of alkyl halides is 1. The average Bonchev–Trinajstić information content (AvgIpc) is 2.38. The van der Waals surface area contributed by atoms with E-state index in [9.17, 15) is 26.4 Å². The van der Waals surface area contributed by atoms with E-state index in [2.05, 4.69) is 0 Å². The molecule has 0 aliphatic heterocycles. The zero-order chi connectivity index (χ0) is 15.7. The van der Waals surface area contributed by atoms with E-state index in [1.54, 1.807) is 4.72 Å². The SMILES string of the molecule is O=C(NS(=O)(=O)c1cc(F)cc(F)c1)C1(F)CCCCC1. The van der Waals surface area contributed by atoms with Crippen molar-refractivity contribution in [2.45, 2.75) is 42.7 Å². The van der Waals surface area contributed by atoms with Crippen LogP contribution in [0.4, 0.5) is 13.2 Å². The van der Waals surface area contributed by atoms with Gasteiger partial charge in [0.05, 0.1) is 4.90 Å². The molecule has 1 fully saturated rings. The molecule has 21 heavy (non-hydrogen) atoms. The van der Waals surface area contributed by atoms with Crippen LogP contribution in [0.15, 0.2) is 23.1 Å². The maximum atomic E-state index is 14.3. The monoisotopic (exact) mass is 321 g/mol. The fourth-order valence-electron chi connectivity index (χ4n) is 2.30. The van der Waals surface area contributed by atoms with Crippen LogP contribution >= 0.6 is 0 Å². The number of amides is 1. The molecule has 0 aromatic heterocycles. The number of hydrogen-bond donors (Lipinski definition) is 1. The minimum absolute atomic E-state index is 0.0636. The minimum atomic E-state index is -4.51. The highest BCUT2D eigenvalue weighted by molar-refractivity contribution is 7.90. The Morgan fingerprint density at radius 1 is 1.05 bits per heavy atom. The Bertz CT molecular complexity index is 634. The molecule has 4 nitrogen and oxygen atoms in total. The summed E-state index contributed by atoms with van der Waals surface area (Å²) in [4.78, 5) is 11.1. The summed E-state index contributed by atoms with van der Waals surface area (Å²) in [5.74, 6) is -3.49. The van der Waals surface area contributed by atoms with Crippen molar-refractivity contribution >= 4 is 15.9 Å². The topological polar surface area (TPSA) is 63.2 Å². The summed E-state index contributed by atoms with van der Waals surface area (Å²) < 4.78 is 65.8.